The molecule has 1 aromatic carbocycles. The van der Waals surface area contributed by atoms with Crippen LogP contribution in [0.25, 0.3) is 0 Å². The molecular formula is C12H14BrNO2. The molecule has 0 saturated carbocycles. The highest BCUT2D eigenvalue weighted by Gasteiger charge is 2.32. The van der Waals surface area contributed by atoms with Gasteiger partial charge in [0.1, 0.15) is 12.4 Å². The summed E-state index contributed by atoms with van der Waals surface area (Å²) in [6.07, 6.45) is 0. The number of ether oxygens (including phenoxy) is 1. The van der Waals surface area contributed by atoms with E-state index in [0.29, 0.717) is 6.61 Å². The Morgan fingerprint density at radius 1 is 1.44 bits per heavy atom. The fourth-order valence-corrected chi connectivity index (χ4v) is 1.82. The number of benzene rings is 1. The maximum Gasteiger partial charge on any atom is 0.233 e. The number of aryl methyl sites for hydroxylation is 1. The van der Waals surface area contributed by atoms with Crippen LogP contribution in [0.3, 0.4) is 0 Å². The van der Waals surface area contributed by atoms with E-state index in [2.05, 4.69) is 21.2 Å². The molecule has 0 radical (unpaired) electrons. The number of hydrogen-bond acceptors (Lipinski definition) is 2. The number of carbonyl (C=O) groups excluding carboxylic acids is 1. The standard InChI is InChI=1S/C12H14BrNO2/c1-7-4-9-10(5-8(7)13)16-6-12(2,3)11(15)14-9/h4-5H,6H2,1-3H3,(H,14,15). The molecule has 0 aliphatic carbocycles. The van der Waals surface area contributed by atoms with E-state index < -0.39 is 5.41 Å². The minimum Gasteiger partial charge on any atom is -0.490 e. The van der Waals surface area contributed by atoms with Crippen LogP contribution >= 0.6 is 15.9 Å². The minimum absolute atomic E-state index is 0.00651. The summed E-state index contributed by atoms with van der Waals surface area (Å²) in [5.41, 5.74) is 1.32. The average molecular weight is 284 g/mol. The van der Waals surface area contributed by atoms with Crippen LogP contribution in [0.5, 0.6) is 5.75 Å². The van der Waals surface area contributed by atoms with E-state index in [1.54, 1.807) is 0 Å². The molecule has 3 nitrogen and oxygen atoms in total. The van der Waals surface area contributed by atoms with E-state index in [1.807, 2.05) is 32.9 Å². The molecule has 1 amide bonds. The van der Waals surface area contributed by atoms with Gasteiger partial charge in [0, 0.05) is 4.47 Å². The summed E-state index contributed by atoms with van der Waals surface area (Å²) >= 11 is 3.45. The topological polar surface area (TPSA) is 38.3 Å². The summed E-state index contributed by atoms with van der Waals surface area (Å²) in [6.45, 7) is 6.11. The van der Waals surface area contributed by atoms with E-state index >= 15 is 0 Å². The van der Waals surface area contributed by atoms with E-state index in [4.69, 9.17) is 4.74 Å². The molecule has 0 bridgehead atoms. The fraction of sp³-hybridized carbons (Fsp3) is 0.417. The molecular weight excluding hydrogens is 270 g/mol. The van der Waals surface area contributed by atoms with Crippen molar-refractivity contribution < 1.29 is 9.53 Å². The van der Waals surface area contributed by atoms with Crippen LogP contribution < -0.4 is 10.1 Å². The van der Waals surface area contributed by atoms with Crippen LogP contribution in [0.4, 0.5) is 5.69 Å². The molecule has 0 fully saturated rings. The van der Waals surface area contributed by atoms with Gasteiger partial charge in [0.05, 0.1) is 11.1 Å². The van der Waals surface area contributed by atoms with E-state index in [9.17, 15) is 4.79 Å². The van der Waals surface area contributed by atoms with Gasteiger partial charge in [-0.25, -0.2) is 0 Å². The smallest absolute Gasteiger partial charge is 0.233 e. The molecule has 0 spiro atoms. The Kier molecular flexibility index (Phi) is 2.70. The van der Waals surface area contributed by atoms with Crippen LogP contribution in [-0.4, -0.2) is 12.5 Å². The first kappa shape index (κ1) is 11.5. The Balaban J connectivity index is 2.45. The second-order valence-corrected chi connectivity index (χ2v) is 5.58. The number of halogens is 1. The highest BCUT2D eigenvalue weighted by atomic mass is 79.9. The quantitative estimate of drug-likeness (QED) is 0.795. The first-order chi connectivity index (χ1) is 7.40. The van der Waals surface area contributed by atoms with Crippen LogP contribution in [0.15, 0.2) is 16.6 Å². The van der Waals surface area contributed by atoms with Gasteiger partial charge in [-0.05, 0) is 38.5 Å². The maximum absolute atomic E-state index is 11.9. The molecule has 1 aliphatic heterocycles. The van der Waals surface area contributed by atoms with Gasteiger partial charge < -0.3 is 10.1 Å². The third-order valence-corrected chi connectivity index (χ3v) is 3.57. The Labute approximate surface area is 103 Å². The third kappa shape index (κ3) is 1.94. The van der Waals surface area contributed by atoms with Crippen molar-refractivity contribution in [1.29, 1.82) is 0 Å². The van der Waals surface area contributed by atoms with E-state index in [1.165, 1.54) is 0 Å². The first-order valence-electron chi connectivity index (χ1n) is 5.14. The summed E-state index contributed by atoms with van der Waals surface area (Å²) in [5.74, 6) is 0.712. The molecule has 16 heavy (non-hydrogen) atoms. The van der Waals surface area contributed by atoms with Crippen molar-refractivity contribution in [3.05, 3.63) is 22.2 Å². The molecule has 1 aromatic rings. The van der Waals surface area contributed by atoms with Crippen molar-refractivity contribution in [2.24, 2.45) is 5.41 Å². The number of hydrogen-bond donors (Lipinski definition) is 1. The lowest BCUT2D eigenvalue weighted by molar-refractivity contribution is -0.124. The predicted molar refractivity (Wildman–Crippen MR) is 66.8 cm³/mol. The van der Waals surface area contributed by atoms with Gasteiger partial charge in [-0.1, -0.05) is 15.9 Å². The van der Waals surface area contributed by atoms with Crippen molar-refractivity contribution in [1.82, 2.24) is 0 Å². The zero-order valence-corrected chi connectivity index (χ0v) is 11.1. The number of rotatable bonds is 0. The van der Waals surface area contributed by atoms with E-state index in [0.717, 1.165) is 21.5 Å². The van der Waals surface area contributed by atoms with Crippen LogP contribution in [0, 0.1) is 12.3 Å². The Hall–Kier alpha value is -1.03. The average Bonchev–Trinajstić information content (AvgIpc) is 2.29. The lowest BCUT2D eigenvalue weighted by Crippen LogP contribution is -2.33. The lowest BCUT2D eigenvalue weighted by Gasteiger charge is -2.18. The lowest BCUT2D eigenvalue weighted by atomic mass is 9.94. The molecule has 1 N–H and O–H groups in total. The highest BCUT2D eigenvalue weighted by Crippen LogP contribution is 2.35. The van der Waals surface area contributed by atoms with Gasteiger partial charge in [-0.2, -0.15) is 0 Å². The normalized spacial score (nSPS) is 18.1. The number of carbonyl (C=O) groups is 1. The number of nitrogens with one attached hydrogen (secondary N) is 1. The minimum atomic E-state index is -0.501. The fourth-order valence-electron chi connectivity index (χ4n) is 1.50. The summed E-state index contributed by atoms with van der Waals surface area (Å²) in [4.78, 5) is 11.9. The second-order valence-electron chi connectivity index (χ2n) is 4.72. The zero-order chi connectivity index (χ0) is 11.9. The molecule has 4 heteroatoms. The van der Waals surface area contributed by atoms with Gasteiger partial charge in [0.25, 0.3) is 0 Å². The van der Waals surface area contributed by atoms with Gasteiger partial charge in [0.2, 0.25) is 5.91 Å². The summed E-state index contributed by atoms with van der Waals surface area (Å²) in [7, 11) is 0. The largest absolute Gasteiger partial charge is 0.490 e. The first-order valence-corrected chi connectivity index (χ1v) is 5.94. The SMILES string of the molecule is Cc1cc2c(cc1Br)OCC(C)(C)C(=O)N2. The molecule has 1 heterocycles. The number of fused-ring (bicyclic) bond motifs is 1. The van der Waals surface area contributed by atoms with Gasteiger partial charge in [-0.3, -0.25) is 4.79 Å². The number of amides is 1. The van der Waals surface area contributed by atoms with Crippen LogP contribution in [0.1, 0.15) is 19.4 Å². The van der Waals surface area contributed by atoms with Crippen molar-refractivity contribution in [3.8, 4) is 5.75 Å². The summed E-state index contributed by atoms with van der Waals surface area (Å²) < 4.78 is 6.64. The Morgan fingerprint density at radius 3 is 2.81 bits per heavy atom. The van der Waals surface area contributed by atoms with Gasteiger partial charge >= 0.3 is 0 Å². The van der Waals surface area contributed by atoms with Crippen molar-refractivity contribution in [2.75, 3.05) is 11.9 Å². The third-order valence-electron chi connectivity index (χ3n) is 2.71. The molecule has 2 rings (SSSR count). The van der Waals surface area contributed by atoms with Gasteiger partial charge in [0.15, 0.2) is 0 Å². The summed E-state index contributed by atoms with van der Waals surface area (Å²) in [5, 5.41) is 2.90. The molecule has 0 atom stereocenters. The zero-order valence-electron chi connectivity index (χ0n) is 9.56. The maximum atomic E-state index is 11.9. The predicted octanol–water partition coefficient (Wildman–Crippen LogP) is 3.11. The molecule has 0 saturated heterocycles. The van der Waals surface area contributed by atoms with Crippen molar-refractivity contribution in [3.63, 3.8) is 0 Å². The monoisotopic (exact) mass is 283 g/mol. The summed E-state index contributed by atoms with van der Waals surface area (Å²) in [6, 6.07) is 3.81. The molecule has 0 unspecified atom stereocenters. The van der Waals surface area contributed by atoms with Crippen molar-refractivity contribution in [2.45, 2.75) is 20.8 Å². The second kappa shape index (κ2) is 3.77. The molecule has 0 aromatic heterocycles. The van der Waals surface area contributed by atoms with E-state index in [-0.39, 0.29) is 5.91 Å². The molecule has 86 valence electrons. The van der Waals surface area contributed by atoms with Crippen LogP contribution in [0.2, 0.25) is 0 Å². The Morgan fingerprint density at radius 2 is 2.12 bits per heavy atom. The highest BCUT2D eigenvalue weighted by molar-refractivity contribution is 9.10. The Bertz CT molecular complexity index is 455. The number of anilines is 1. The molecule has 1 aliphatic rings. The van der Waals surface area contributed by atoms with Crippen molar-refractivity contribution >= 4 is 27.5 Å². The van der Waals surface area contributed by atoms with Crippen LogP contribution in [-0.2, 0) is 4.79 Å². The van der Waals surface area contributed by atoms with Gasteiger partial charge in [-0.15, -0.1) is 0 Å².